The molecule has 7 heteroatoms. The summed E-state index contributed by atoms with van der Waals surface area (Å²) in [5.41, 5.74) is 1.57. The molecular formula is C21H22N2O5. The van der Waals surface area contributed by atoms with Gasteiger partial charge >= 0.3 is 6.09 Å². The van der Waals surface area contributed by atoms with Crippen molar-refractivity contribution in [3.8, 4) is 0 Å². The standard InChI is InChI=1S/C21H22N2O5/c24-20(15-9-5-2-6-10-15)23-16-12-26-19-17(13-27-18(16)19)28-21(25)22-11-14-7-3-1-4-8-14/h1-10,16-19H,11-13H2,(H,22,25)(H,23,24)/t16-,17+,18-,19-/m1/s1. The minimum absolute atomic E-state index is 0.177. The number of benzene rings is 2. The summed E-state index contributed by atoms with van der Waals surface area (Å²) in [6.07, 6.45) is -1.74. The lowest BCUT2D eigenvalue weighted by Gasteiger charge is -2.18. The average molecular weight is 382 g/mol. The molecule has 2 aliphatic heterocycles. The van der Waals surface area contributed by atoms with Gasteiger partial charge in [0.2, 0.25) is 0 Å². The maximum atomic E-state index is 12.4. The van der Waals surface area contributed by atoms with Gasteiger partial charge < -0.3 is 24.8 Å². The van der Waals surface area contributed by atoms with Crippen molar-refractivity contribution in [3.63, 3.8) is 0 Å². The smallest absolute Gasteiger partial charge is 0.407 e. The second-order valence-corrected chi connectivity index (χ2v) is 6.82. The van der Waals surface area contributed by atoms with Crippen LogP contribution in [0.3, 0.4) is 0 Å². The number of rotatable bonds is 5. The molecule has 28 heavy (non-hydrogen) atoms. The zero-order chi connectivity index (χ0) is 19.3. The van der Waals surface area contributed by atoms with Crippen LogP contribution in [-0.2, 0) is 20.8 Å². The Balaban J connectivity index is 1.27. The Labute approximate surface area is 163 Å². The summed E-state index contributed by atoms with van der Waals surface area (Å²) in [6.45, 7) is 0.948. The summed E-state index contributed by atoms with van der Waals surface area (Å²) in [6, 6.07) is 18.3. The highest BCUT2D eigenvalue weighted by Gasteiger charge is 2.50. The van der Waals surface area contributed by atoms with Crippen molar-refractivity contribution in [2.75, 3.05) is 13.2 Å². The molecule has 2 heterocycles. The molecule has 2 saturated heterocycles. The lowest BCUT2D eigenvalue weighted by atomic mass is 10.1. The third-order valence-corrected chi connectivity index (χ3v) is 4.90. The quantitative estimate of drug-likeness (QED) is 0.825. The molecule has 4 atom stereocenters. The molecule has 0 aliphatic carbocycles. The van der Waals surface area contributed by atoms with Crippen molar-refractivity contribution in [3.05, 3.63) is 71.8 Å². The summed E-state index contributed by atoms with van der Waals surface area (Å²) in [7, 11) is 0. The van der Waals surface area contributed by atoms with Crippen molar-refractivity contribution in [1.82, 2.24) is 10.6 Å². The van der Waals surface area contributed by atoms with Crippen LogP contribution in [0.2, 0.25) is 0 Å². The number of amides is 2. The summed E-state index contributed by atoms with van der Waals surface area (Å²) in [4.78, 5) is 24.4. The second kappa shape index (κ2) is 8.41. The van der Waals surface area contributed by atoms with E-state index >= 15 is 0 Å². The molecule has 0 unspecified atom stereocenters. The molecule has 4 rings (SSSR count). The van der Waals surface area contributed by atoms with Crippen LogP contribution >= 0.6 is 0 Å². The Morgan fingerprint density at radius 2 is 1.61 bits per heavy atom. The van der Waals surface area contributed by atoms with Gasteiger partial charge in [-0.2, -0.15) is 0 Å². The fourth-order valence-corrected chi connectivity index (χ4v) is 3.48. The zero-order valence-corrected chi connectivity index (χ0v) is 15.2. The van der Waals surface area contributed by atoms with E-state index in [1.165, 1.54) is 0 Å². The molecule has 2 aliphatic rings. The Bertz CT molecular complexity index is 814. The highest BCUT2D eigenvalue weighted by atomic mass is 16.6. The van der Waals surface area contributed by atoms with E-state index < -0.39 is 12.2 Å². The van der Waals surface area contributed by atoms with Crippen molar-refractivity contribution in [1.29, 1.82) is 0 Å². The summed E-state index contributed by atoms with van der Waals surface area (Å²) < 4.78 is 17.0. The van der Waals surface area contributed by atoms with Crippen LogP contribution in [0.15, 0.2) is 60.7 Å². The fourth-order valence-electron chi connectivity index (χ4n) is 3.48. The number of carbonyl (C=O) groups excluding carboxylic acids is 2. The van der Waals surface area contributed by atoms with E-state index in [1.807, 2.05) is 48.5 Å². The highest BCUT2D eigenvalue weighted by Crippen LogP contribution is 2.29. The van der Waals surface area contributed by atoms with E-state index in [2.05, 4.69) is 10.6 Å². The third-order valence-electron chi connectivity index (χ3n) is 4.90. The first-order chi connectivity index (χ1) is 13.7. The predicted molar refractivity (Wildman–Crippen MR) is 101 cm³/mol. The Morgan fingerprint density at radius 1 is 0.929 bits per heavy atom. The first-order valence-electron chi connectivity index (χ1n) is 9.28. The van der Waals surface area contributed by atoms with Crippen molar-refractivity contribution < 1.29 is 23.8 Å². The van der Waals surface area contributed by atoms with E-state index in [9.17, 15) is 9.59 Å². The van der Waals surface area contributed by atoms with Crippen LogP contribution < -0.4 is 10.6 Å². The van der Waals surface area contributed by atoms with Gasteiger partial charge in [-0.05, 0) is 17.7 Å². The lowest BCUT2D eigenvalue weighted by Crippen LogP contribution is -2.44. The average Bonchev–Trinajstić information content (AvgIpc) is 3.31. The summed E-state index contributed by atoms with van der Waals surface area (Å²) in [5, 5.41) is 5.67. The van der Waals surface area contributed by atoms with Crippen LogP contribution in [0.25, 0.3) is 0 Å². The SMILES string of the molecule is O=C(NCc1ccccc1)O[C@H]1CO[C@H]2[C@@H]1OC[C@H]2NC(=O)c1ccccc1. The molecule has 2 aromatic carbocycles. The van der Waals surface area contributed by atoms with Crippen molar-refractivity contribution >= 4 is 12.0 Å². The van der Waals surface area contributed by atoms with Crippen LogP contribution in [-0.4, -0.2) is 49.6 Å². The normalized spacial score (nSPS) is 25.7. The minimum atomic E-state index is -0.515. The van der Waals surface area contributed by atoms with Crippen LogP contribution in [0, 0.1) is 0 Å². The molecule has 146 valence electrons. The maximum absolute atomic E-state index is 12.4. The van der Waals surface area contributed by atoms with Crippen LogP contribution in [0.1, 0.15) is 15.9 Å². The van der Waals surface area contributed by atoms with E-state index in [-0.39, 0.29) is 30.8 Å². The number of fused-ring (bicyclic) bond motifs is 1. The zero-order valence-electron chi connectivity index (χ0n) is 15.2. The van der Waals surface area contributed by atoms with E-state index in [0.717, 1.165) is 5.56 Å². The molecule has 0 aromatic heterocycles. The van der Waals surface area contributed by atoms with Crippen LogP contribution in [0.5, 0.6) is 0 Å². The van der Waals surface area contributed by atoms with Crippen molar-refractivity contribution in [2.45, 2.75) is 30.9 Å². The second-order valence-electron chi connectivity index (χ2n) is 6.82. The van der Waals surface area contributed by atoms with Gasteiger partial charge in [0.1, 0.15) is 12.2 Å². The predicted octanol–water partition coefficient (Wildman–Crippen LogP) is 1.88. The Kier molecular flexibility index (Phi) is 5.55. The van der Waals surface area contributed by atoms with Gasteiger partial charge in [-0.1, -0.05) is 48.5 Å². The van der Waals surface area contributed by atoms with E-state index in [1.54, 1.807) is 12.1 Å². The molecule has 0 saturated carbocycles. The summed E-state index contributed by atoms with van der Waals surface area (Å²) in [5.74, 6) is -0.177. The van der Waals surface area contributed by atoms with Gasteiger partial charge in [-0.3, -0.25) is 4.79 Å². The van der Waals surface area contributed by atoms with Crippen LogP contribution in [0.4, 0.5) is 4.79 Å². The molecule has 2 aromatic rings. The molecule has 0 spiro atoms. The number of alkyl carbamates (subject to hydrolysis) is 1. The first kappa shape index (κ1) is 18.5. The molecule has 7 nitrogen and oxygen atoms in total. The molecule has 2 fully saturated rings. The van der Waals surface area contributed by atoms with Gasteiger partial charge in [0.15, 0.2) is 6.10 Å². The molecule has 2 amide bonds. The van der Waals surface area contributed by atoms with Gasteiger partial charge in [0.25, 0.3) is 5.91 Å². The Hall–Kier alpha value is -2.90. The highest BCUT2D eigenvalue weighted by molar-refractivity contribution is 5.94. The third kappa shape index (κ3) is 4.16. The number of hydrogen-bond acceptors (Lipinski definition) is 5. The Morgan fingerprint density at radius 3 is 2.36 bits per heavy atom. The number of hydrogen-bond donors (Lipinski definition) is 2. The molecule has 0 radical (unpaired) electrons. The lowest BCUT2D eigenvalue weighted by molar-refractivity contribution is 0.00377. The fraction of sp³-hybridized carbons (Fsp3) is 0.333. The number of ether oxygens (including phenoxy) is 3. The van der Waals surface area contributed by atoms with Gasteiger partial charge in [-0.25, -0.2) is 4.79 Å². The largest absolute Gasteiger partial charge is 0.441 e. The topological polar surface area (TPSA) is 85.9 Å². The number of carbonyl (C=O) groups is 2. The minimum Gasteiger partial charge on any atom is -0.441 e. The summed E-state index contributed by atoms with van der Waals surface area (Å²) >= 11 is 0. The first-order valence-corrected chi connectivity index (χ1v) is 9.28. The molecule has 2 N–H and O–H groups in total. The van der Waals surface area contributed by atoms with E-state index in [0.29, 0.717) is 18.7 Å². The maximum Gasteiger partial charge on any atom is 0.407 e. The van der Waals surface area contributed by atoms with Gasteiger partial charge in [-0.15, -0.1) is 0 Å². The number of nitrogens with one attached hydrogen (secondary N) is 2. The van der Waals surface area contributed by atoms with Gasteiger partial charge in [0.05, 0.1) is 19.3 Å². The monoisotopic (exact) mass is 382 g/mol. The molecular weight excluding hydrogens is 360 g/mol. The van der Waals surface area contributed by atoms with Gasteiger partial charge in [0, 0.05) is 12.1 Å². The van der Waals surface area contributed by atoms with E-state index in [4.69, 9.17) is 14.2 Å². The molecule has 0 bridgehead atoms. The van der Waals surface area contributed by atoms with Crippen molar-refractivity contribution in [2.24, 2.45) is 0 Å².